The molecule has 1 N–H and O–H groups in total. The molecule has 3 aromatic rings. The lowest BCUT2D eigenvalue weighted by molar-refractivity contribution is -0.119. The van der Waals surface area contributed by atoms with E-state index in [-0.39, 0.29) is 29.6 Å². The summed E-state index contributed by atoms with van der Waals surface area (Å²) in [7, 11) is 0. The molecule has 1 amide bonds. The molecule has 4 heterocycles. The molecule has 33 heavy (non-hydrogen) atoms. The van der Waals surface area contributed by atoms with Crippen LogP contribution in [0.5, 0.6) is 17.2 Å². The first-order valence-electron chi connectivity index (χ1n) is 11.2. The number of carbonyl (C=O) groups is 2. The van der Waals surface area contributed by atoms with Crippen molar-refractivity contribution in [2.24, 2.45) is 5.92 Å². The highest BCUT2D eigenvalue weighted by Crippen LogP contribution is 2.60. The molecular weight excluding hydrogens is 418 g/mol. The Balaban J connectivity index is 1.15. The van der Waals surface area contributed by atoms with Gasteiger partial charge in [-0.15, -0.1) is 0 Å². The zero-order valence-corrected chi connectivity index (χ0v) is 18.2. The number of aryl methyl sites for hydroxylation is 1. The van der Waals surface area contributed by atoms with Crippen LogP contribution in [-0.2, 0) is 22.4 Å². The fourth-order valence-electron chi connectivity index (χ4n) is 4.88. The summed E-state index contributed by atoms with van der Waals surface area (Å²) < 4.78 is 12.3. The van der Waals surface area contributed by atoms with Crippen LogP contribution in [0.3, 0.4) is 0 Å². The number of aromatic nitrogens is 2. The summed E-state index contributed by atoms with van der Waals surface area (Å²) in [5, 5.41) is 2.80. The molecule has 0 bridgehead atoms. The van der Waals surface area contributed by atoms with Gasteiger partial charge in [0.25, 0.3) is 0 Å². The van der Waals surface area contributed by atoms with Crippen LogP contribution in [0.1, 0.15) is 41.1 Å². The average molecular weight is 441 g/mol. The molecule has 0 unspecified atom stereocenters. The minimum atomic E-state index is -0.0275. The molecule has 1 aliphatic carbocycles. The van der Waals surface area contributed by atoms with Gasteiger partial charge in [-0.3, -0.25) is 14.6 Å². The van der Waals surface area contributed by atoms with E-state index in [0.717, 1.165) is 28.1 Å². The standard InChI is InChI=1S/C26H23N3O4/c1-14-2-3-15(28-13-14)10-16(30)11-20-24-19-12-17(4-6-21(19)33-25(20)24)32-22-8-9-27-26-18(22)5-7-23(31)29-26/h2-4,6,8-9,12-13,20,24-25H,5,7,10-11H2,1H3,(H,27,29,31)/t20-,24-,25+/m0/s1. The number of pyridine rings is 2. The third kappa shape index (κ3) is 3.73. The molecule has 0 spiro atoms. The van der Waals surface area contributed by atoms with Crippen LogP contribution in [0.15, 0.2) is 48.8 Å². The van der Waals surface area contributed by atoms with Gasteiger partial charge in [0, 0.05) is 60.3 Å². The van der Waals surface area contributed by atoms with Gasteiger partial charge >= 0.3 is 0 Å². The zero-order chi connectivity index (χ0) is 22.5. The number of rotatable bonds is 6. The molecule has 1 fully saturated rings. The summed E-state index contributed by atoms with van der Waals surface area (Å²) in [5.74, 6) is 3.43. The van der Waals surface area contributed by atoms with Crippen molar-refractivity contribution in [3.63, 3.8) is 0 Å². The highest BCUT2D eigenvalue weighted by Gasteiger charge is 2.59. The lowest BCUT2D eigenvalue weighted by atomic mass is 10.0. The average Bonchev–Trinajstić information content (AvgIpc) is 3.31. The van der Waals surface area contributed by atoms with Gasteiger partial charge in [0.15, 0.2) is 0 Å². The molecule has 166 valence electrons. The van der Waals surface area contributed by atoms with Crippen molar-refractivity contribution < 1.29 is 19.1 Å². The number of benzene rings is 1. The van der Waals surface area contributed by atoms with E-state index < -0.39 is 0 Å². The molecule has 2 aliphatic heterocycles. The Morgan fingerprint density at radius 3 is 2.94 bits per heavy atom. The molecule has 3 aliphatic rings. The molecule has 1 saturated carbocycles. The predicted molar refractivity (Wildman–Crippen MR) is 121 cm³/mol. The predicted octanol–water partition coefficient (Wildman–Crippen LogP) is 4.14. The van der Waals surface area contributed by atoms with Crippen LogP contribution in [0.4, 0.5) is 5.82 Å². The first-order valence-corrected chi connectivity index (χ1v) is 11.2. The quantitative estimate of drug-likeness (QED) is 0.618. The fourth-order valence-corrected chi connectivity index (χ4v) is 4.88. The summed E-state index contributed by atoms with van der Waals surface area (Å²) in [6.45, 7) is 1.98. The minimum Gasteiger partial charge on any atom is -0.489 e. The smallest absolute Gasteiger partial charge is 0.225 e. The van der Waals surface area contributed by atoms with Gasteiger partial charge in [0.2, 0.25) is 5.91 Å². The second kappa shape index (κ2) is 7.69. The fraction of sp³-hybridized carbons (Fsp3) is 0.308. The number of anilines is 1. The van der Waals surface area contributed by atoms with Crippen molar-refractivity contribution >= 4 is 17.5 Å². The largest absolute Gasteiger partial charge is 0.489 e. The van der Waals surface area contributed by atoms with Gasteiger partial charge in [0.05, 0.1) is 0 Å². The Hall–Kier alpha value is -3.74. The lowest BCUT2D eigenvalue weighted by Gasteiger charge is -2.19. The molecule has 3 atom stereocenters. The summed E-state index contributed by atoms with van der Waals surface area (Å²) in [4.78, 5) is 32.9. The second-order valence-electron chi connectivity index (χ2n) is 9.00. The summed E-state index contributed by atoms with van der Waals surface area (Å²) in [5.41, 5.74) is 3.90. The first-order chi connectivity index (χ1) is 16.0. The van der Waals surface area contributed by atoms with E-state index in [4.69, 9.17) is 9.47 Å². The van der Waals surface area contributed by atoms with Gasteiger partial charge < -0.3 is 14.8 Å². The number of hydrogen-bond donors (Lipinski definition) is 1. The number of hydrogen-bond acceptors (Lipinski definition) is 6. The van der Waals surface area contributed by atoms with Gasteiger partial charge in [-0.2, -0.15) is 0 Å². The van der Waals surface area contributed by atoms with Crippen molar-refractivity contribution in [2.45, 2.75) is 44.6 Å². The van der Waals surface area contributed by atoms with Crippen LogP contribution in [-0.4, -0.2) is 27.8 Å². The third-order valence-corrected chi connectivity index (χ3v) is 6.61. The molecule has 1 aromatic carbocycles. The van der Waals surface area contributed by atoms with Crippen molar-refractivity contribution in [1.29, 1.82) is 0 Å². The number of ether oxygens (including phenoxy) is 2. The Bertz CT molecular complexity index is 1270. The molecule has 6 rings (SSSR count). The number of fused-ring (bicyclic) bond motifs is 4. The Kier molecular flexibility index (Phi) is 4.64. The van der Waals surface area contributed by atoms with E-state index in [1.165, 1.54) is 0 Å². The summed E-state index contributed by atoms with van der Waals surface area (Å²) >= 11 is 0. The number of amides is 1. The van der Waals surface area contributed by atoms with E-state index in [1.807, 2.05) is 43.3 Å². The Morgan fingerprint density at radius 1 is 1.18 bits per heavy atom. The number of nitrogens with zero attached hydrogens (tertiary/aromatic N) is 2. The lowest BCUT2D eigenvalue weighted by Crippen LogP contribution is -2.20. The topological polar surface area (TPSA) is 90.4 Å². The van der Waals surface area contributed by atoms with E-state index in [2.05, 4.69) is 15.3 Å². The van der Waals surface area contributed by atoms with E-state index in [9.17, 15) is 9.59 Å². The number of Topliss-reactive ketones (excluding diaryl/α,β-unsaturated/α-hetero) is 1. The highest BCUT2D eigenvalue weighted by atomic mass is 16.5. The highest BCUT2D eigenvalue weighted by molar-refractivity contribution is 5.93. The zero-order valence-electron chi connectivity index (χ0n) is 18.2. The SMILES string of the molecule is Cc1ccc(CC(=O)C[C@@H]2[C@H]3Oc4ccc(Oc5ccnc6c5CCC(=O)N6)cc4[C@@H]23)nc1. The molecule has 0 radical (unpaired) electrons. The van der Waals surface area contributed by atoms with Gasteiger partial charge in [-0.25, -0.2) is 4.98 Å². The van der Waals surface area contributed by atoms with Crippen LogP contribution in [0.2, 0.25) is 0 Å². The van der Waals surface area contributed by atoms with Gasteiger partial charge in [-0.05, 0) is 49.2 Å². The van der Waals surface area contributed by atoms with E-state index >= 15 is 0 Å². The van der Waals surface area contributed by atoms with Crippen molar-refractivity contribution in [1.82, 2.24) is 9.97 Å². The van der Waals surface area contributed by atoms with Crippen LogP contribution in [0.25, 0.3) is 0 Å². The number of nitrogens with one attached hydrogen (secondary N) is 1. The first kappa shape index (κ1) is 19.9. The van der Waals surface area contributed by atoms with Crippen molar-refractivity contribution in [2.75, 3.05) is 5.32 Å². The second-order valence-corrected chi connectivity index (χ2v) is 9.00. The maximum absolute atomic E-state index is 12.6. The molecule has 2 aromatic heterocycles. The molecule has 0 saturated heterocycles. The van der Waals surface area contributed by atoms with Gasteiger partial charge in [-0.1, -0.05) is 6.07 Å². The van der Waals surface area contributed by atoms with Crippen LogP contribution >= 0.6 is 0 Å². The van der Waals surface area contributed by atoms with Gasteiger partial charge in [0.1, 0.15) is 35.0 Å². The van der Waals surface area contributed by atoms with Crippen molar-refractivity contribution in [3.8, 4) is 17.2 Å². The normalized spacial score (nSPS) is 21.8. The number of ketones is 1. The number of carbonyl (C=O) groups excluding carboxylic acids is 2. The molecule has 7 nitrogen and oxygen atoms in total. The Morgan fingerprint density at radius 2 is 2.09 bits per heavy atom. The summed E-state index contributed by atoms with van der Waals surface area (Å²) in [6, 6.07) is 11.6. The maximum Gasteiger partial charge on any atom is 0.225 e. The maximum atomic E-state index is 12.6. The summed E-state index contributed by atoms with van der Waals surface area (Å²) in [6.07, 6.45) is 5.37. The third-order valence-electron chi connectivity index (χ3n) is 6.61. The van der Waals surface area contributed by atoms with Crippen LogP contribution < -0.4 is 14.8 Å². The minimum absolute atomic E-state index is 0.0275. The molecular formula is C26H23N3O4. The van der Waals surface area contributed by atoms with Crippen molar-refractivity contribution in [3.05, 3.63) is 71.2 Å². The monoisotopic (exact) mass is 441 g/mol. The van der Waals surface area contributed by atoms with E-state index in [1.54, 1.807) is 12.4 Å². The molecule has 7 heteroatoms. The van der Waals surface area contributed by atoms with E-state index in [0.29, 0.717) is 43.0 Å². The van der Waals surface area contributed by atoms with Crippen LogP contribution in [0, 0.1) is 12.8 Å². The Labute approximate surface area is 191 Å².